The van der Waals surface area contributed by atoms with E-state index in [2.05, 4.69) is 10.2 Å². The molecule has 0 spiro atoms. The molecule has 1 aliphatic rings. The van der Waals surface area contributed by atoms with Crippen molar-refractivity contribution >= 4 is 5.91 Å². The van der Waals surface area contributed by atoms with Gasteiger partial charge in [-0.2, -0.15) is 18.3 Å². The number of aromatic amines is 1. The first-order chi connectivity index (χ1) is 6.91. The topological polar surface area (TPSA) is 71.8 Å². The number of carbonyl (C=O) groups is 1. The fourth-order valence-electron chi connectivity index (χ4n) is 1.47. The molecule has 1 fully saturated rings. The SMILES string of the molecule is NC(=O)c1[nH]nc(C2CC2)c1C(F)(F)F. The average Bonchev–Trinajstić information content (AvgIpc) is 2.81. The highest BCUT2D eigenvalue weighted by atomic mass is 19.4. The molecule has 82 valence electrons. The van der Waals surface area contributed by atoms with Crippen molar-refractivity contribution in [3.05, 3.63) is 17.0 Å². The number of nitrogens with two attached hydrogens (primary N) is 1. The summed E-state index contributed by atoms with van der Waals surface area (Å²) in [5.41, 5.74) is 3.10. The summed E-state index contributed by atoms with van der Waals surface area (Å²) in [4.78, 5) is 10.8. The van der Waals surface area contributed by atoms with Crippen LogP contribution in [0.3, 0.4) is 0 Å². The molecule has 2 rings (SSSR count). The zero-order valence-electron chi connectivity index (χ0n) is 7.56. The first-order valence-electron chi connectivity index (χ1n) is 4.36. The summed E-state index contributed by atoms with van der Waals surface area (Å²) in [6.45, 7) is 0. The van der Waals surface area contributed by atoms with Gasteiger partial charge in [-0.15, -0.1) is 0 Å². The summed E-state index contributed by atoms with van der Waals surface area (Å²) in [7, 11) is 0. The Kier molecular flexibility index (Phi) is 1.99. The van der Waals surface area contributed by atoms with Crippen molar-refractivity contribution in [1.82, 2.24) is 10.2 Å². The van der Waals surface area contributed by atoms with Crippen LogP contribution in [0.5, 0.6) is 0 Å². The summed E-state index contributed by atoms with van der Waals surface area (Å²) in [5, 5.41) is 5.58. The second-order valence-corrected chi connectivity index (χ2v) is 3.50. The van der Waals surface area contributed by atoms with Gasteiger partial charge in [0, 0.05) is 5.92 Å². The average molecular weight is 219 g/mol. The summed E-state index contributed by atoms with van der Waals surface area (Å²) < 4.78 is 37.9. The van der Waals surface area contributed by atoms with Gasteiger partial charge in [0.15, 0.2) is 0 Å². The smallest absolute Gasteiger partial charge is 0.364 e. The highest BCUT2D eigenvalue weighted by molar-refractivity contribution is 5.92. The third-order valence-corrected chi connectivity index (χ3v) is 2.29. The van der Waals surface area contributed by atoms with E-state index in [0.29, 0.717) is 12.8 Å². The highest BCUT2D eigenvalue weighted by Gasteiger charge is 2.44. The molecule has 3 N–H and O–H groups in total. The van der Waals surface area contributed by atoms with Crippen molar-refractivity contribution in [2.45, 2.75) is 24.9 Å². The molecule has 15 heavy (non-hydrogen) atoms. The lowest BCUT2D eigenvalue weighted by atomic mass is 10.1. The number of amides is 1. The Bertz CT molecular complexity index is 406. The van der Waals surface area contributed by atoms with Crippen LogP contribution in [0.4, 0.5) is 13.2 Å². The van der Waals surface area contributed by atoms with Gasteiger partial charge in [-0.3, -0.25) is 9.89 Å². The number of rotatable bonds is 2. The second-order valence-electron chi connectivity index (χ2n) is 3.50. The van der Waals surface area contributed by atoms with E-state index < -0.39 is 23.3 Å². The number of carbonyl (C=O) groups excluding carboxylic acids is 1. The third kappa shape index (κ3) is 1.69. The molecule has 0 aliphatic heterocycles. The van der Waals surface area contributed by atoms with Crippen molar-refractivity contribution in [2.75, 3.05) is 0 Å². The molecule has 0 aromatic carbocycles. The van der Waals surface area contributed by atoms with E-state index in [1.807, 2.05) is 0 Å². The van der Waals surface area contributed by atoms with Gasteiger partial charge in [-0.25, -0.2) is 0 Å². The fraction of sp³-hybridized carbons (Fsp3) is 0.500. The number of hydrogen-bond acceptors (Lipinski definition) is 2. The summed E-state index contributed by atoms with van der Waals surface area (Å²) in [6, 6.07) is 0. The minimum absolute atomic E-state index is 0.0868. The molecule has 1 amide bonds. The minimum Gasteiger partial charge on any atom is -0.364 e. The lowest BCUT2D eigenvalue weighted by molar-refractivity contribution is -0.138. The van der Waals surface area contributed by atoms with Gasteiger partial charge < -0.3 is 5.73 Å². The number of alkyl halides is 3. The normalized spacial score (nSPS) is 16.7. The summed E-state index contributed by atoms with van der Waals surface area (Å²) in [5.74, 6) is -1.33. The highest BCUT2D eigenvalue weighted by Crippen LogP contribution is 2.45. The van der Waals surface area contributed by atoms with Gasteiger partial charge in [0.25, 0.3) is 5.91 Å². The Morgan fingerprint density at radius 3 is 2.47 bits per heavy atom. The molecule has 0 saturated heterocycles. The van der Waals surface area contributed by atoms with Crippen LogP contribution in [-0.2, 0) is 6.18 Å². The lowest BCUT2D eigenvalue weighted by Gasteiger charge is -2.07. The molecule has 0 radical (unpaired) electrons. The second kappa shape index (κ2) is 2.98. The van der Waals surface area contributed by atoms with Crippen LogP contribution in [0.2, 0.25) is 0 Å². The number of hydrogen-bond donors (Lipinski definition) is 2. The van der Waals surface area contributed by atoms with Gasteiger partial charge >= 0.3 is 6.18 Å². The van der Waals surface area contributed by atoms with E-state index in [1.165, 1.54) is 0 Å². The fourth-order valence-corrected chi connectivity index (χ4v) is 1.47. The third-order valence-electron chi connectivity index (χ3n) is 2.29. The molecule has 1 heterocycles. The predicted molar refractivity (Wildman–Crippen MR) is 44.1 cm³/mol. The van der Waals surface area contributed by atoms with Crippen LogP contribution < -0.4 is 5.73 Å². The Hall–Kier alpha value is -1.53. The van der Waals surface area contributed by atoms with E-state index in [0.717, 1.165) is 0 Å². The Labute approximate surface area is 82.6 Å². The molecule has 0 unspecified atom stereocenters. The molecule has 1 aromatic rings. The molecular weight excluding hydrogens is 211 g/mol. The van der Waals surface area contributed by atoms with Gasteiger partial charge in [0.1, 0.15) is 11.3 Å². The Balaban J connectivity index is 2.53. The number of H-pyrrole nitrogens is 1. The predicted octanol–water partition coefficient (Wildman–Crippen LogP) is 1.40. The first kappa shape index (κ1) is 10.0. The number of nitrogens with one attached hydrogen (secondary N) is 1. The standard InChI is InChI=1S/C8H8F3N3O/c9-8(10,11)4-5(3-1-2-3)13-14-6(4)7(12)15/h3H,1-2H2,(H2,12,15)(H,13,14). The van der Waals surface area contributed by atoms with Crippen LogP contribution in [0.25, 0.3) is 0 Å². The zero-order valence-corrected chi connectivity index (χ0v) is 7.56. The van der Waals surface area contributed by atoms with Gasteiger partial charge in [0.05, 0.1) is 5.69 Å². The van der Waals surface area contributed by atoms with Crippen LogP contribution in [0, 0.1) is 0 Å². The maximum absolute atomic E-state index is 12.6. The lowest BCUT2D eigenvalue weighted by Crippen LogP contribution is -2.18. The largest absolute Gasteiger partial charge is 0.420 e. The number of nitrogens with zero attached hydrogens (tertiary/aromatic N) is 1. The molecule has 0 bridgehead atoms. The molecule has 4 nitrogen and oxygen atoms in total. The van der Waals surface area contributed by atoms with E-state index >= 15 is 0 Å². The first-order valence-corrected chi connectivity index (χ1v) is 4.36. The van der Waals surface area contributed by atoms with Crippen LogP contribution in [-0.4, -0.2) is 16.1 Å². The summed E-state index contributed by atoms with van der Waals surface area (Å²) >= 11 is 0. The van der Waals surface area contributed by atoms with Crippen molar-refractivity contribution in [2.24, 2.45) is 5.73 Å². The van der Waals surface area contributed by atoms with Gasteiger partial charge in [-0.1, -0.05) is 0 Å². The molecular formula is C8H8F3N3O. The van der Waals surface area contributed by atoms with Crippen LogP contribution in [0.1, 0.15) is 40.5 Å². The van der Waals surface area contributed by atoms with Crippen molar-refractivity contribution in [3.8, 4) is 0 Å². The van der Waals surface area contributed by atoms with Crippen LogP contribution in [0.15, 0.2) is 0 Å². The summed E-state index contributed by atoms with van der Waals surface area (Å²) in [6.07, 6.45) is -3.24. The van der Waals surface area contributed by atoms with Gasteiger partial charge in [0.2, 0.25) is 0 Å². The Morgan fingerprint density at radius 2 is 2.07 bits per heavy atom. The molecule has 1 aliphatic carbocycles. The number of primary amides is 1. The number of aromatic nitrogens is 2. The van der Waals surface area contributed by atoms with E-state index in [4.69, 9.17) is 5.73 Å². The maximum atomic E-state index is 12.6. The van der Waals surface area contributed by atoms with E-state index in [1.54, 1.807) is 0 Å². The van der Waals surface area contributed by atoms with Crippen molar-refractivity contribution in [3.63, 3.8) is 0 Å². The van der Waals surface area contributed by atoms with Crippen molar-refractivity contribution < 1.29 is 18.0 Å². The van der Waals surface area contributed by atoms with E-state index in [-0.39, 0.29) is 11.6 Å². The minimum atomic E-state index is -4.59. The molecule has 0 atom stereocenters. The number of halogens is 3. The zero-order chi connectivity index (χ0) is 11.2. The van der Waals surface area contributed by atoms with Gasteiger partial charge in [-0.05, 0) is 12.8 Å². The molecule has 1 aromatic heterocycles. The molecule has 7 heteroatoms. The molecule has 1 saturated carbocycles. The maximum Gasteiger partial charge on any atom is 0.420 e. The Morgan fingerprint density at radius 1 is 1.47 bits per heavy atom. The monoisotopic (exact) mass is 219 g/mol. The quantitative estimate of drug-likeness (QED) is 0.789. The van der Waals surface area contributed by atoms with Crippen LogP contribution >= 0.6 is 0 Å². The van der Waals surface area contributed by atoms with E-state index in [9.17, 15) is 18.0 Å². The van der Waals surface area contributed by atoms with Crippen molar-refractivity contribution in [1.29, 1.82) is 0 Å².